The van der Waals surface area contributed by atoms with Crippen LogP contribution in [0.5, 0.6) is 0 Å². The van der Waals surface area contributed by atoms with Crippen molar-refractivity contribution in [2.45, 2.75) is 18.9 Å². The minimum Gasteiger partial charge on any atom is -0.355 e. The Morgan fingerprint density at radius 1 is 1.35 bits per heavy atom. The maximum atomic E-state index is 11.4. The molecular formula is C16H18N4O2S. The Hall–Kier alpha value is -2.17. The molecule has 0 saturated carbocycles. The Bertz CT molecular complexity index is 873. The predicted octanol–water partition coefficient (Wildman–Crippen LogP) is 1.62. The topological polar surface area (TPSA) is 86.1 Å². The number of nitrogens with zero attached hydrogens (tertiary/aromatic N) is 3. The van der Waals surface area contributed by atoms with Crippen molar-refractivity contribution in [3.8, 4) is 6.07 Å². The van der Waals surface area contributed by atoms with Gasteiger partial charge in [-0.1, -0.05) is 0 Å². The third-order valence-electron chi connectivity index (χ3n) is 3.93. The number of rotatable bonds is 3. The maximum absolute atomic E-state index is 11.4. The largest absolute Gasteiger partial charge is 0.355 e. The lowest BCUT2D eigenvalue weighted by molar-refractivity contribution is 0.466. The second kappa shape index (κ2) is 6.14. The quantitative estimate of drug-likeness (QED) is 0.924. The number of fused-ring (bicyclic) bond motifs is 1. The first-order valence-electron chi connectivity index (χ1n) is 7.48. The van der Waals surface area contributed by atoms with Gasteiger partial charge in [-0.15, -0.1) is 0 Å². The lowest BCUT2D eigenvalue weighted by Gasteiger charge is -2.33. The molecule has 0 unspecified atom stereocenters. The highest BCUT2D eigenvalue weighted by molar-refractivity contribution is 7.88. The number of nitriles is 1. The van der Waals surface area contributed by atoms with Crippen molar-refractivity contribution >= 4 is 26.7 Å². The van der Waals surface area contributed by atoms with E-state index in [0.717, 1.165) is 36.1 Å². The highest BCUT2D eigenvalue weighted by Crippen LogP contribution is 2.22. The van der Waals surface area contributed by atoms with Gasteiger partial charge in [0.15, 0.2) is 0 Å². The minimum absolute atomic E-state index is 0.0859. The van der Waals surface area contributed by atoms with E-state index in [4.69, 9.17) is 5.26 Å². The number of anilines is 1. The van der Waals surface area contributed by atoms with E-state index in [1.807, 2.05) is 24.3 Å². The smallest absolute Gasteiger partial charge is 0.209 e. The number of piperidine rings is 1. The zero-order chi connectivity index (χ0) is 16.4. The summed E-state index contributed by atoms with van der Waals surface area (Å²) in [5.41, 5.74) is 1.45. The van der Waals surface area contributed by atoms with Crippen molar-refractivity contribution in [2.75, 3.05) is 24.2 Å². The minimum atomic E-state index is -3.20. The summed E-state index contributed by atoms with van der Waals surface area (Å²) in [6.45, 7) is 1.47. The molecule has 3 rings (SSSR count). The molecule has 0 bridgehead atoms. The van der Waals surface area contributed by atoms with E-state index in [-0.39, 0.29) is 6.04 Å². The molecule has 0 aliphatic carbocycles. The second-order valence-electron chi connectivity index (χ2n) is 5.86. The fourth-order valence-corrected chi connectivity index (χ4v) is 3.74. The molecule has 1 aromatic heterocycles. The van der Waals surface area contributed by atoms with Crippen LogP contribution in [0.3, 0.4) is 0 Å². The average Bonchev–Trinajstić information content (AvgIpc) is 2.52. The van der Waals surface area contributed by atoms with Crippen LogP contribution in [0.15, 0.2) is 30.3 Å². The highest BCUT2D eigenvalue weighted by Gasteiger charge is 2.23. The number of hydrogen-bond donors (Lipinski definition) is 1. The third kappa shape index (κ3) is 3.78. The van der Waals surface area contributed by atoms with Gasteiger partial charge in [0.1, 0.15) is 5.82 Å². The van der Waals surface area contributed by atoms with Gasteiger partial charge in [0.25, 0.3) is 0 Å². The zero-order valence-electron chi connectivity index (χ0n) is 12.9. The van der Waals surface area contributed by atoms with Crippen LogP contribution in [-0.4, -0.2) is 38.8 Å². The van der Waals surface area contributed by atoms with Gasteiger partial charge in [-0.05, 0) is 43.2 Å². The summed E-state index contributed by atoms with van der Waals surface area (Å²) in [5.74, 6) is 0.835. The zero-order valence-corrected chi connectivity index (χ0v) is 13.7. The standard InChI is InChI=1S/C16H18N4O2S/c1-23(21,22)19-14-3-2-8-20(11-14)16-7-5-13-9-12(10-17)4-6-15(13)18-16/h4-7,9,14,19H,2-3,8,11H2,1H3/t14-/m0/s1. The fourth-order valence-electron chi connectivity index (χ4n) is 2.94. The fraction of sp³-hybridized carbons (Fsp3) is 0.375. The van der Waals surface area contributed by atoms with Crippen molar-refractivity contribution in [2.24, 2.45) is 0 Å². The summed E-state index contributed by atoms with van der Waals surface area (Å²) in [7, 11) is -3.20. The molecule has 7 heteroatoms. The molecule has 2 aromatic rings. The SMILES string of the molecule is CS(=O)(=O)N[C@H]1CCCN(c2ccc3cc(C#N)ccc3n2)C1. The van der Waals surface area contributed by atoms with Crippen molar-refractivity contribution in [1.29, 1.82) is 5.26 Å². The van der Waals surface area contributed by atoms with Crippen molar-refractivity contribution in [1.82, 2.24) is 9.71 Å². The van der Waals surface area contributed by atoms with E-state index in [1.54, 1.807) is 6.07 Å². The number of nitrogens with one attached hydrogen (secondary N) is 1. The molecular weight excluding hydrogens is 312 g/mol. The van der Waals surface area contributed by atoms with Gasteiger partial charge in [-0.2, -0.15) is 5.26 Å². The van der Waals surface area contributed by atoms with Crippen LogP contribution in [0.2, 0.25) is 0 Å². The Balaban J connectivity index is 1.83. The molecule has 1 aliphatic rings. The molecule has 1 aromatic carbocycles. The Morgan fingerprint density at radius 2 is 2.17 bits per heavy atom. The van der Waals surface area contributed by atoms with E-state index in [2.05, 4.69) is 20.7 Å². The van der Waals surface area contributed by atoms with Crippen LogP contribution >= 0.6 is 0 Å². The number of hydrogen-bond acceptors (Lipinski definition) is 5. The van der Waals surface area contributed by atoms with Crippen LogP contribution in [0.4, 0.5) is 5.82 Å². The first kappa shape index (κ1) is 15.7. The monoisotopic (exact) mass is 330 g/mol. The van der Waals surface area contributed by atoms with Crippen LogP contribution in [0.1, 0.15) is 18.4 Å². The van der Waals surface area contributed by atoms with Gasteiger partial charge < -0.3 is 4.90 Å². The molecule has 23 heavy (non-hydrogen) atoms. The van der Waals surface area contributed by atoms with E-state index < -0.39 is 10.0 Å². The van der Waals surface area contributed by atoms with Crippen LogP contribution < -0.4 is 9.62 Å². The van der Waals surface area contributed by atoms with Crippen molar-refractivity contribution in [3.05, 3.63) is 35.9 Å². The van der Waals surface area contributed by atoms with E-state index >= 15 is 0 Å². The first-order valence-corrected chi connectivity index (χ1v) is 9.37. The molecule has 6 nitrogen and oxygen atoms in total. The Labute approximate surface area is 135 Å². The predicted molar refractivity (Wildman–Crippen MR) is 89.7 cm³/mol. The van der Waals surface area contributed by atoms with Gasteiger partial charge >= 0.3 is 0 Å². The molecule has 120 valence electrons. The normalized spacial score (nSPS) is 18.8. The summed E-state index contributed by atoms with van der Waals surface area (Å²) in [6, 6.07) is 11.3. The second-order valence-corrected chi connectivity index (χ2v) is 7.64. The molecule has 0 radical (unpaired) electrons. The number of pyridine rings is 1. The lowest BCUT2D eigenvalue weighted by atomic mass is 10.1. The molecule has 0 spiro atoms. The summed E-state index contributed by atoms with van der Waals surface area (Å²) < 4.78 is 25.5. The summed E-state index contributed by atoms with van der Waals surface area (Å²) in [5, 5.41) is 9.87. The van der Waals surface area contributed by atoms with E-state index in [1.165, 1.54) is 6.26 Å². The number of sulfonamides is 1. The number of benzene rings is 1. The summed E-state index contributed by atoms with van der Waals surface area (Å²) in [4.78, 5) is 6.75. The molecule has 2 heterocycles. The first-order chi connectivity index (χ1) is 10.9. The lowest BCUT2D eigenvalue weighted by Crippen LogP contribution is -2.47. The van der Waals surface area contributed by atoms with Crippen LogP contribution in [0.25, 0.3) is 10.9 Å². The average molecular weight is 330 g/mol. The van der Waals surface area contributed by atoms with E-state index in [9.17, 15) is 8.42 Å². The number of aromatic nitrogens is 1. The summed E-state index contributed by atoms with van der Waals surface area (Å²) in [6.07, 6.45) is 2.94. The van der Waals surface area contributed by atoms with Gasteiger partial charge in [-0.3, -0.25) is 0 Å². The molecule has 1 atom stereocenters. The third-order valence-corrected chi connectivity index (χ3v) is 4.69. The van der Waals surface area contributed by atoms with E-state index in [0.29, 0.717) is 12.1 Å². The van der Waals surface area contributed by atoms with Crippen molar-refractivity contribution < 1.29 is 8.42 Å². The highest BCUT2D eigenvalue weighted by atomic mass is 32.2. The van der Waals surface area contributed by atoms with Gasteiger partial charge in [0.05, 0.1) is 23.4 Å². The van der Waals surface area contributed by atoms with Gasteiger partial charge in [0.2, 0.25) is 10.0 Å². The van der Waals surface area contributed by atoms with Crippen LogP contribution in [-0.2, 0) is 10.0 Å². The molecule has 1 N–H and O–H groups in total. The Kier molecular flexibility index (Phi) is 4.20. The molecule has 1 fully saturated rings. The van der Waals surface area contributed by atoms with Crippen LogP contribution in [0, 0.1) is 11.3 Å². The van der Waals surface area contributed by atoms with Gasteiger partial charge in [-0.25, -0.2) is 18.1 Å². The summed E-state index contributed by atoms with van der Waals surface area (Å²) >= 11 is 0. The maximum Gasteiger partial charge on any atom is 0.209 e. The molecule has 1 aliphatic heterocycles. The Morgan fingerprint density at radius 3 is 2.91 bits per heavy atom. The molecule has 0 amide bonds. The van der Waals surface area contributed by atoms with Crippen molar-refractivity contribution in [3.63, 3.8) is 0 Å². The van der Waals surface area contributed by atoms with Gasteiger partial charge in [0, 0.05) is 24.5 Å². The molecule has 1 saturated heterocycles.